The van der Waals surface area contributed by atoms with E-state index < -0.39 is 41.5 Å². The lowest BCUT2D eigenvalue weighted by atomic mass is 10.0. The van der Waals surface area contributed by atoms with Gasteiger partial charge in [-0.1, -0.05) is 30.3 Å². The molecule has 10 heteroatoms. The second kappa shape index (κ2) is 12.0. The summed E-state index contributed by atoms with van der Waals surface area (Å²) in [6, 6.07) is 10.9. The standard InChI is InChI=1S/C28H36N4O6/c1-17-7-5-6-8-21(17)30-25(35)24(18-9-13-20(33)14-10-18)32(19-11-12-19)26(36)22(15-16-23(29)34)31-27(37)38-28(2,3)4/h5-10,13-14,19,22,24,33H,11-12,15-16H2,1-4H3,(H2,29,34)(H,30,35)(H,31,37). The molecule has 10 nitrogen and oxygen atoms in total. The molecule has 0 spiro atoms. The number of rotatable bonds is 10. The van der Waals surface area contributed by atoms with Gasteiger partial charge in [-0.3, -0.25) is 14.4 Å². The molecule has 2 unspecified atom stereocenters. The number of hydrogen-bond donors (Lipinski definition) is 4. The van der Waals surface area contributed by atoms with Crippen LogP contribution in [0, 0.1) is 6.92 Å². The number of carbonyl (C=O) groups excluding carboxylic acids is 4. The van der Waals surface area contributed by atoms with Crippen molar-refractivity contribution < 1.29 is 29.0 Å². The van der Waals surface area contributed by atoms with Crippen LogP contribution in [0.5, 0.6) is 5.75 Å². The minimum absolute atomic E-state index is 0.0158. The van der Waals surface area contributed by atoms with Crippen molar-refractivity contribution in [3.05, 3.63) is 59.7 Å². The highest BCUT2D eigenvalue weighted by molar-refractivity contribution is 5.99. The molecule has 0 saturated heterocycles. The number of phenolic OH excluding ortho intramolecular Hbond substituents is 1. The number of phenols is 1. The van der Waals surface area contributed by atoms with E-state index in [-0.39, 0.29) is 24.6 Å². The van der Waals surface area contributed by atoms with Crippen LogP contribution in [0.3, 0.4) is 0 Å². The number of para-hydroxylation sites is 1. The van der Waals surface area contributed by atoms with Crippen LogP contribution in [0.4, 0.5) is 10.5 Å². The first-order valence-electron chi connectivity index (χ1n) is 12.6. The Morgan fingerprint density at radius 2 is 1.71 bits per heavy atom. The number of alkyl carbamates (subject to hydrolysis) is 1. The van der Waals surface area contributed by atoms with Gasteiger partial charge in [0.05, 0.1) is 0 Å². The fraction of sp³-hybridized carbons (Fsp3) is 0.429. The van der Waals surface area contributed by atoms with Gasteiger partial charge >= 0.3 is 6.09 Å². The second-order valence-corrected chi connectivity index (χ2v) is 10.5. The SMILES string of the molecule is Cc1ccccc1NC(=O)C(c1ccc(O)cc1)N(C(=O)C(CCC(N)=O)NC(=O)OC(C)(C)C)C1CC1. The van der Waals surface area contributed by atoms with Gasteiger partial charge < -0.3 is 31.1 Å². The van der Waals surface area contributed by atoms with E-state index in [4.69, 9.17) is 10.5 Å². The zero-order valence-corrected chi connectivity index (χ0v) is 22.2. The van der Waals surface area contributed by atoms with Gasteiger partial charge in [-0.2, -0.15) is 0 Å². The van der Waals surface area contributed by atoms with Gasteiger partial charge in [-0.15, -0.1) is 0 Å². The quantitative estimate of drug-likeness (QED) is 0.373. The second-order valence-electron chi connectivity index (χ2n) is 10.5. The molecule has 0 heterocycles. The van der Waals surface area contributed by atoms with Gasteiger partial charge in [0.25, 0.3) is 5.91 Å². The molecule has 0 radical (unpaired) electrons. The number of ether oxygens (including phenoxy) is 1. The molecule has 4 amide bonds. The van der Waals surface area contributed by atoms with E-state index in [9.17, 15) is 24.3 Å². The summed E-state index contributed by atoms with van der Waals surface area (Å²) < 4.78 is 5.33. The third-order valence-electron chi connectivity index (χ3n) is 6.00. The number of amides is 4. The summed E-state index contributed by atoms with van der Waals surface area (Å²) in [4.78, 5) is 53.4. The number of benzene rings is 2. The van der Waals surface area contributed by atoms with E-state index in [2.05, 4.69) is 10.6 Å². The highest BCUT2D eigenvalue weighted by Crippen LogP contribution is 2.37. The van der Waals surface area contributed by atoms with Crippen LogP contribution in [0.25, 0.3) is 0 Å². The maximum atomic E-state index is 14.0. The zero-order chi connectivity index (χ0) is 28.0. The minimum Gasteiger partial charge on any atom is -0.508 e. The van der Waals surface area contributed by atoms with Crippen molar-refractivity contribution in [2.24, 2.45) is 5.73 Å². The van der Waals surface area contributed by atoms with Crippen molar-refractivity contribution in [1.82, 2.24) is 10.2 Å². The van der Waals surface area contributed by atoms with E-state index in [0.29, 0.717) is 24.1 Å². The Labute approximate surface area is 222 Å². The summed E-state index contributed by atoms with van der Waals surface area (Å²) in [5.41, 5.74) is 6.47. The Bertz CT molecular complexity index is 1170. The highest BCUT2D eigenvalue weighted by Gasteiger charge is 2.44. The lowest BCUT2D eigenvalue weighted by molar-refractivity contribution is -0.141. The number of aromatic hydroxyl groups is 1. The first kappa shape index (κ1) is 28.5. The van der Waals surface area contributed by atoms with Gasteiger partial charge in [0.1, 0.15) is 23.4 Å². The molecule has 1 fully saturated rings. The third kappa shape index (κ3) is 7.96. The fourth-order valence-corrected chi connectivity index (χ4v) is 4.05. The highest BCUT2D eigenvalue weighted by atomic mass is 16.6. The van der Waals surface area contributed by atoms with E-state index >= 15 is 0 Å². The van der Waals surface area contributed by atoms with Crippen LogP contribution in [0.1, 0.15) is 63.6 Å². The van der Waals surface area contributed by atoms with Gasteiger partial charge in [0.15, 0.2) is 0 Å². The Kier molecular flexibility index (Phi) is 8.98. The number of nitrogens with two attached hydrogens (primary N) is 1. The molecule has 3 rings (SSSR count). The Hall–Kier alpha value is -4.08. The average molecular weight is 525 g/mol. The maximum absolute atomic E-state index is 14.0. The van der Waals surface area contributed by atoms with Crippen LogP contribution < -0.4 is 16.4 Å². The Balaban J connectivity index is 1.98. The van der Waals surface area contributed by atoms with Gasteiger partial charge in [0, 0.05) is 18.2 Å². The molecular weight excluding hydrogens is 488 g/mol. The van der Waals surface area contributed by atoms with E-state index in [1.165, 1.54) is 17.0 Å². The lowest BCUT2D eigenvalue weighted by Crippen LogP contribution is -2.53. The topological polar surface area (TPSA) is 151 Å². The molecule has 0 bridgehead atoms. The Morgan fingerprint density at radius 3 is 2.26 bits per heavy atom. The number of nitrogens with zero attached hydrogens (tertiary/aromatic N) is 1. The molecule has 1 aliphatic rings. The number of hydrogen-bond acceptors (Lipinski definition) is 6. The summed E-state index contributed by atoms with van der Waals surface area (Å²) in [7, 11) is 0. The average Bonchev–Trinajstić information content (AvgIpc) is 3.66. The largest absolute Gasteiger partial charge is 0.508 e. The summed E-state index contributed by atoms with van der Waals surface area (Å²) in [6.07, 6.45) is 0.323. The van der Waals surface area contributed by atoms with Crippen LogP contribution in [0.2, 0.25) is 0 Å². The third-order valence-corrected chi connectivity index (χ3v) is 6.00. The molecule has 1 saturated carbocycles. The molecule has 2 aromatic carbocycles. The number of carbonyl (C=O) groups is 4. The molecule has 5 N–H and O–H groups in total. The number of aryl methyl sites for hydroxylation is 1. The smallest absolute Gasteiger partial charge is 0.408 e. The van der Waals surface area contributed by atoms with Crippen molar-refractivity contribution >= 4 is 29.5 Å². The molecule has 204 valence electrons. The number of anilines is 1. The van der Waals surface area contributed by atoms with Crippen molar-refractivity contribution in [2.75, 3.05) is 5.32 Å². The van der Waals surface area contributed by atoms with E-state index in [0.717, 1.165) is 5.56 Å². The van der Waals surface area contributed by atoms with E-state index in [1.54, 1.807) is 45.0 Å². The van der Waals surface area contributed by atoms with Crippen LogP contribution in [-0.4, -0.2) is 51.5 Å². The minimum atomic E-state index is -1.15. The summed E-state index contributed by atoms with van der Waals surface area (Å²) >= 11 is 0. The maximum Gasteiger partial charge on any atom is 0.408 e. The number of primary amides is 1. The summed E-state index contributed by atoms with van der Waals surface area (Å²) in [5.74, 6) is -1.59. The predicted molar refractivity (Wildman–Crippen MR) is 142 cm³/mol. The van der Waals surface area contributed by atoms with Crippen molar-refractivity contribution in [3.8, 4) is 5.75 Å². The molecule has 2 atom stereocenters. The lowest BCUT2D eigenvalue weighted by Gasteiger charge is -2.34. The normalized spacial score (nSPS) is 14.6. The molecule has 38 heavy (non-hydrogen) atoms. The number of nitrogens with one attached hydrogen (secondary N) is 2. The first-order chi connectivity index (χ1) is 17.9. The van der Waals surface area contributed by atoms with Gasteiger partial charge in [0.2, 0.25) is 11.8 Å². The van der Waals surface area contributed by atoms with Crippen LogP contribution >= 0.6 is 0 Å². The van der Waals surface area contributed by atoms with Gasteiger partial charge in [-0.25, -0.2) is 4.79 Å². The zero-order valence-electron chi connectivity index (χ0n) is 22.2. The summed E-state index contributed by atoms with van der Waals surface area (Å²) in [5, 5.41) is 15.3. The van der Waals surface area contributed by atoms with Crippen LogP contribution in [0.15, 0.2) is 48.5 Å². The van der Waals surface area contributed by atoms with Gasteiger partial charge in [-0.05, 0) is 76.3 Å². The van der Waals surface area contributed by atoms with Crippen LogP contribution in [-0.2, 0) is 19.1 Å². The predicted octanol–water partition coefficient (Wildman–Crippen LogP) is 3.53. The summed E-state index contributed by atoms with van der Waals surface area (Å²) in [6.45, 7) is 6.94. The monoisotopic (exact) mass is 524 g/mol. The van der Waals surface area contributed by atoms with Crippen molar-refractivity contribution in [1.29, 1.82) is 0 Å². The van der Waals surface area contributed by atoms with Crippen molar-refractivity contribution in [3.63, 3.8) is 0 Å². The molecular formula is C28H36N4O6. The van der Waals surface area contributed by atoms with Crippen molar-refractivity contribution in [2.45, 2.75) is 77.1 Å². The molecule has 2 aromatic rings. The fourth-order valence-electron chi connectivity index (χ4n) is 4.05. The Morgan fingerprint density at radius 1 is 1.08 bits per heavy atom. The molecule has 0 aliphatic heterocycles. The first-order valence-corrected chi connectivity index (χ1v) is 12.6. The van der Waals surface area contributed by atoms with E-state index in [1.807, 2.05) is 19.1 Å². The molecule has 1 aliphatic carbocycles. The molecule has 0 aromatic heterocycles.